The van der Waals surface area contributed by atoms with Gasteiger partial charge in [-0.15, -0.1) is 0 Å². The van der Waals surface area contributed by atoms with Crippen LogP contribution in [0, 0.1) is 10.1 Å². The molecule has 0 saturated carbocycles. The molecule has 0 unspecified atom stereocenters. The first-order chi connectivity index (χ1) is 5.74. The predicted molar refractivity (Wildman–Crippen MR) is 42.2 cm³/mol. The lowest BCUT2D eigenvalue weighted by Gasteiger charge is -1.93. The van der Waals surface area contributed by atoms with Gasteiger partial charge in [-0.3, -0.25) is 10.1 Å². The molecule has 0 aliphatic heterocycles. The second kappa shape index (κ2) is 3.68. The van der Waals surface area contributed by atoms with Gasteiger partial charge in [0.15, 0.2) is 0 Å². The van der Waals surface area contributed by atoms with E-state index in [-0.39, 0.29) is 5.70 Å². The summed E-state index contributed by atoms with van der Waals surface area (Å²) >= 11 is 0. The van der Waals surface area contributed by atoms with Crippen LogP contribution in [-0.2, 0) is 4.84 Å². The van der Waals surface area contributed by atoms with Gasteiger partial charge in [-0.1, -0.05) is 0 Å². The van der Waals surface area contributed by atoms with Crippen molar-refractivity contribution in [2.75, 3.05) is 0 Å². The molecule has 5 heteroatoms. The number of hydrogen-bond donors (Lipinski definition) is 1. The quantitative estimate of drug-likeness (QED) is 0.490. The summed E-state index contributed by atoms with van der Waals surface area (Å²) in [4.78, 5) is 14.3. The van der Waals surface area contributed by atoms with Crippen LogP contribution in [0.1, 0.15) is 6.42 Å². The Labute approximate surface area is 68.9 Å². The van der Waals surface area contributed by atoms with Crippen LogP contribution in [0.15, 0.2) is 35.8 Å². The highest BCUT2D eigenvalue weighted by molar-refractivity contribution is 5.25. The zero-order valence-electron chi connectivity index (χ0n) is 6.27. The molecule has 1 rings (SSSR count). The van der Waals surface area contributed by atoms with Gasteiger partial charge in [0, 0.05) is 6.08 Å². The van der Waals surface area contributed by atoms with Crippen molar-refractivity contribution in [3.63, 3.8) is 0 Å². The number of hydrogen-bond acceptors (Lipinski definition) is 4. The monoisotopic (exact) mass is 168 g/mol. The van der Waals surface area contributed by atoms with E-state index >= 15 is 0 Å². The SMILES string of the molecule is NOC1=CCC=C([N+](=O)[O-])C=C1. The van der Waals surface area contributed by atoms with E-state index in [9.17, 15) is 10.1 Å². The molecule has 64 valence electrons. The van der Waals surface area contributed by atoms with Gasteiger partial charge in [0.1, 0.15) is 5.76 Å². The van der Waals surface area contributed by atoms with E-state index in [2.05, 4.69) is 4.84 Å². The lowest BCUT2D eigenvalue weighted by atomic mass is 10.3. The molecular formula is C7H8N2O3. The highest BCUT2D eigenvalue weighted by atomic mass is 16.6. The van der Waals surface area contributed by atoms with Crippen LogP contribution in [0.2, 0.25) is 0 Å². The zero-order chi connectivity index (χ0) is 8.97. The molecule has 2 N–H and O–H groups in total. The summed E-state index contributed by atoms with van der Waals surface area (Å²) in [5.41, 5.74) is 0.0540. The van der Waals surface area contributed by atoms with Crippen LogP contribution >= 0.6 is 0 Å². The summed E-state index contributed by atoms with van der Waals surface area (Å²) < 4.78 is 0. The van der Waals surface area contributed by atoms with Crippen LogP contribution in [-0.4, -0.2) is 4.92 Å². The molecule has 5 nitrogen and oxygen atoms in total. The van der Waals surface area contributed by atoms with Crippen molar-refractivity contribution in [1.82, 2.24) is 0 Å². The number of rotatable bonds is 2. The van der Waals surface area contributed by atoms with Gasteiger partial charge < -0.3 is 4.84 Å². The maximum absolute atomic E-state index is 10.3. The molecule has 0 fully saturated rings. The Kier molecular flexibility index (Phi) is 2.60. The molecule has 12 heavy (non-hydrogen) atoms. The average molecular weight is 168 g/mol. The molecule has 1 aliphatic carbocycles. The summed E-state index contributed by atoms with van der Waals surface area (Å²) in [6.45, 7) is 0. The third-order valence-corrected chi connectivity index (χ3v) is 1.41. The largest absolute Gasteiger partial charge is 0.412 e. The fourth-order valence-corrected chi connectivity index (χ4v) is 0.822. The first kappa shape index (κ1) is 8.48. The van der Waals surface area contributed by atoms with Gasteiger partial charge in [-0.25, -0.2) is 0 Å². The minimum absolute atomic E-state index is 0.0540. The molecular weight excluding hydrogens is 160 g/mol. The van der Waals surface area contributed by atoms with Crippen molar-refractivity contribution < 1.29 is 9.76 Å². The van der Waals surface area contributed by atoms with E-state index in [1.165, 1.54) is 18.2 Å². The van der Waals surface area contributed by atoms with Crippen LogP contribution in [0.4, 0.5) is 0 Å². The summed E-state index contributed by atoms with van der Waals surface area (Å²) in [5.74, 6) is 5.32. The predicted octanol–water partition coefficient (Wildman–Crippen LogP) is 0.881. The van der Waals surface area contributed by atoms with Crippen molar-refractivity contribution in [2.24, 2.45) is 5.90 Å². The zero-order valence-corrected chi connectivity index (χ0v) is 6.27. The van der Waals surface area contributed by atoms with Crippen molar-refractivity contribution in [2.45, 2.75) is 6.42 Å². The Morgan fingerprint density at radius 1 is 1.50 bits per heavy atom. The summed E-state index contributed by atoms with van der Waals surface area (Å²) in [6, 6.07) is 0. The van der Waals surface area contributed by atoms with Crippen LogP contribution in [0.3, 0.4) is 0 Å². The number of nitrogens with zero attached hydrogens (tertiary/aromatic N) is 1. The highest BCUT2D eigenvalue weighted by Gasteiger charge is 2.07. The number of allylic oxidation sites excluding steroid dienone is 4. The van der Waals surface area contributed by atoms with Crippen molar-refractivity contribution in [3.8, 4) is 0 Å². The van der Waals surface area contributed by atoms with Gasteiger partial charge in [0.2, 0.25) is 0 Å². The lowest BCUT2D eigenvalue weighted by molar-refractivity contribution is -0.419. The second-order valence-corrected chi connectivity index (χ2v) is 2.18. The van der Waals surface area contributed by atoms with Gasteiger partial charge in [0.25, 0.3) is 5.70 Å². The summed E-state index contributed by atoms with van der Waals surface area (Å²) in [5, 5.41) is 10.3. The van der Waals surface area contributed by atoms with E-state index in [1.54, 1.807) is 6.08 Å². The molecule has 1 aliphatic rings. The average Bonchev–Trinajstić information content (AvgIpc) is 2.28. The minimum Gasteiger partial charge on any atom is -0.412 e. The molecule has 0 aromatic rings. The van der Waals surface area contributed by atoms with E-state index < -0.39 is 4.92 Å². The molecule has 0 bridgehead atoms. The number of nitrogens with two attached hydrogens (primary N) is 1. The third kappa shape index (κ3) is 1.93. The third-order valence-electron chi connectivity index (χ3n) is 1.41. The normalized spacial score (nSPS) is 16.1. The molecule has 0 aromatic heterocycles. The van der Waals surface area contributed by atoms with E-state index in [0.717, 1.165) is 0 Å². The Balaban J connectivity index is 2.77. The van der Waals surface area contributed by atoms with Gasteiger partial charge in [-0.2, -0.15) is 5.90 Å². The van der Waals surface area contributed by atoms with Crippen LogP contribution in [0.25, 0.3) is 0 Å². The standard InChI is InChI=1S/C7H8N2O3/c8-12-7-3-1-2-6(4-5-7)9(10)11/h2-5H,1,8H2. The fourth-order valence-electron chi connectivity index (χ4n) is 0.822. The van der Waals surface area contributed by atoms with Gasteiger partial charge in [-0.05, 0) is 24.6 Å². The smallest absolute Gasteiger partial charge is 0.265 e. The van der Waals surface area contributed by atoms with Crippen LogP contribution < -0.4 is 5.90 Å². The maximum atomic E-state index is 10.3. The van der Waals surface area contributed by atoms with E-state index in [1.807, 2.05) is 0 Å². The van der Waals surface area contributed by atoms with E-state index in [0.29, 0.717) is 12.2 Å². The Bertz CT molecular complexity index is 278. The van der Waals surface area contributed by atoms with E-state index in [4.69, 9.17) is 5.90 Å². The highest BCUT2D eigenvalue weighted by Crippen LogP contribution is 2.10. The topological polar surface area (TPSA) is 78.4 Å². The van der Waals surface area contributed by atoms with Gasteiger partial charge in [0.05, 0.1) is 4.92 Å². The molecule has 0 saturated heterocycles. The second-order valence-electron chi connectivity index (χ2n) is 2.18. The first-order valence-corrected chi connectivity index (χ1v) is 3.33. The Morgan fingerprint density at radius 2 is 2.25 bits per heavy atom. The summed E-state index contributed by atoms with van der Waals surface area (Å²) in [7, 11) is 0. The molecule has 0 amide bonds. The Morgan fingerprint density at radius 3 is 2.83 bits per heavy atom. The maximum Gasteiger partial charge on any atom is 0.265 e. The molecule has 0 heterocycles. The lowest BCUT2D eigenvalue weighted by Crippen LogP contribution is -1.96. The fraction of sp³-hybridized carbons (Fsp3) is 0.143. The summed E-state index contributed by atoms with van der Waals surface area (Å²) in [6.07, 6.45) is 6.42. The van der Waals surface area contributed by atoms with Crippen molar-refractivity contribution in [1.29, 1.82) is 0 Å². The molecule has 0 aromatic carbocycles. The first-order valence-electron chi connectivity index (χ1n) is 3.33. The van der Waals surface area contributed by atoms with Crippen molar-refractivity contribution >= 4 is 0 Å². The van der Waals surface area contributed by atoms with Crippen LogP contribution in [0.5, 0.6) is 0 Å². The Hall–Kier alpha value is -1.62. The van der Waals surface area contributed by atoms with Crippen molar-refractivity contribution in [3.05, 3.63) is 45.9 Å². The molecule has 0 spiro atoms. The molecule has 0 atom stereocenters. The van der Waals surface area contributed by atoms with Gasteiger partial charge >= 0.3 is 0 Å². The molecule has 0 radical (unpaired) electrons. The number of nitro groups is 1. The minimum atomic E-state index is -0.455.